The van der Waals surface area contributed by atoms with Crippen LogP contribution in [0.5, 0.6) is 0 Å². The van der Waals surface area contributed by atoms with Crippen LogP contribution in [0.3, 0.4) is 0 Å². The van der Waals surface area contributed by atoms with E-state index in [-0.39, 0.29) is 23.2 Å². The zero-order valence-electron chi connectivity index (χ0n) is 11.4. The smallest absolute Gasteiger partial charge is 0.269 e. The molecule has 1 aromatic carbocycles. The van der Waals surface area contributed by atoms with E-state index < -0.39 is 14.8 Å². The molecule has 1 heterocycles. The highest BCUT2D eigenvalue weighted by atomic mass is 32.2. The van der Waals surface area contributed by atoms with E-state index in [1.54, 1.807) is 24.1 Å². The number of nitro benzene ring substituents is 1. The minimum Gasteiger partial charge on any atom is -0.348 e. The van der Waals surface area contributed by atoms with Crippen LogP contribution in [0.15, 0.2) is 24.3 Å². The fourth-order valence-corrected chi connectivity index (χ4v) is 4.17. The highest BCUT2D eigenvalue weighted by molar-refractivity contribution is 7.91. The van der Waals surface area contributed by atoms with Gasteiger partial charge in [-0.05, 0) is 30.8 Å². The van der Waals surface area contributed by atoms with Gasteiger partial charge in [0.1, 0.15) is 0 Å². The molecule has 0 amide bonds. The zero-order chi connectivity index (χ0) is 15.6. The van der Waals surface area contributed by atoms with Crippen molar-refractivity contribution in [1.82, 2.24) is 4.90 Å². The molecule has 1 fully saturated rings. The van der Waals surface area contributed by atoms with Crippen molar-refractivity contribution in [1.29, 1.82) is 0 Å². The third kappa shape index (κ3) is 3.88. The van der Waals surface area contributed by atoms with Crippen LogP contribution >= 0.6 is 12.2 Å². The molecule has 0 aromatic heterocycles. The molecule has 7 nitrogen and oxygen atoms in total. The third-order valence-electron chi connectivity index (χ3n) is 3.41. The van der Waals surface area contributed by atoms with E-state index in [2.05, 4.69) is 5.32 Å². The molecule has 0 radical (unpaired) electrons. The Morgan fingerprint density at radius 3 is 2.52 bits per heavy atom. The van der Waals surface area contributed by atoms with E-state index in [1.165, 1.54) is 12.1 Å². The number of nitrogens with zero attached hydrogens (tertiary/aromatic N) is 2. The van der Waals surface area contributed by atoms with Gasteiger partial charge in [-0.25, -0.2) is 8.42 Å². The SMILES string of the molecule is CN(C(=S)Nc1ccc([N+](=O)[O-])cc1)[C@H]1CCS(=O)(=O)C1. The van der Waals surface area contributed by atoms with E-state index in [9.17, 15) is 18.5 Å². The Morgan fingerprint density at radius 2 is 2.05 bits per heavy atom. The lowest BCUT2D eigenvalue weighted by atomic mass is 10.2. The number of anilines is 1. The standard InChI is InChI=1S/C12H15N3O4S2/c1-14(11-6-7-21(18,19)8-11)12(20)13-9-2-4-10(5-3-9)15(16)17/h2-5,11H,6-8H2,1H3,(H,13,20)/t11-/m0/s1. The van der Waals surface area contributed by atoms with Crippen LogP contribution in [-0.4, -0.2) is 47.9 Å². The molecule has 114 valence electrons. The number of hydrogen-bond acceptors (Lipinski definition) is 5. The fourth-order valence-electron chi connectivity index (χ4n) is 2.12. The number of non-ortho nitro benzene ring substituents is 1. The summed E-state index contributed by atoms with van der Waals surface area (Å²) in [6, 6.07) is 5.75. The van der Waals surface area contributed by atoms with Gasteiger partial charge < -0.3 is 10.2 Å². The Kier molecular flexibility index (Phi) is 4.43. The molecular weight excluding hydrogens is 314 g/mol. The number of nitrogens with one attached hydrogen (secondary N) is 1. The van der Waals surface area contributed by atoms with Crippen molar-refractivity contribution in [2.45, 2.75) is 12.5 Å². The maximum atomic E-state index is 11.5. The Bertz CT molecular complexity index is 658. The van der Waals surface area contributed by atoms with Gasteiger partial charge in [-0.2, -0.15) is 0 Å². The van der Waals surface area contributed by atoms with Gasteiger partial charge in [-0.15, -0.1) is 0 Å². The summed E-state index contributed by atoms with van der Waals surface area (Å²) in [5, 5.41) is 13.9. The highest BCUT2D eigenvalue weighted by Crippen LogP contribution is 2.19. The largest absolute Gasteiger partial charge is 0.348 e. The van der Waals surface area contributed by atoms with Crippen molar-refractivity contribution in [3.63, 3.8) is 0 Å². The average Bonchev–Trinajstić information content (AvgIpc) is 2.78. The van der Waals surface area contributed by atoms with E-state index in [0.29, 0.717) is 17.2 Å². The van der Waals surface area contributed by atoms with Gasteiger partial charge in [0.25, 0.3) is 5.69 Å². The average molecular weight is 329 g/mol. The summed E-state index contributed by atoms with van der Waals surface area (Å²) in [6.07, 6.45) is 0.556. The maximum Gasteiger partial charge on any atom is 0.269 e. The number of rotatable bonds is 3. The van der Waals surface area contributed by atoms with Gasteiger partial charge in [0.15, 0.2) is 14.9 Å². The topological polar surface area (TPSA) is 92.5 Å². The van der Waals surface area contributed by atoms with Crippen LogP contribution in [0.4, 0.5) is 11.4 Å². The van der Waals surface area contributed by atoms with Crippen LogP contribution in [-0.2, 0) is 9.84 Å². The summed E-state index contributed by atoms with van der Waals surface area (Å²) in [5.74, 6) is 0.285. The summed E-state index contributed by atoms with van der Waals surface area (Å²) >= 11 is 5.24. The molecule has 0 bridgehead atoms. The van der Waals surface area contributed by atoms with E-state index in [1.807, 2.05) is 0 Å². The zero-order valence-corrected chi connectivity index (χ0v) is 13.0. The van der Waals surface area contributed by atoms with E-state index in [0.717, 1.165) is 0 Å². The first kappa shape index (κ1) is 15.6. The molecule has 1 aliphatic rings. The predicted octanol–water partition coefficient (Wildman–Crippen LogP) is 1.41. The van der Waals surface area contributed by atoms with Gasteiger partial charge in [-0.1, -0.05) is 0 Å². The molecule has 0 saturated carbocycles. The Hall–Kier alpha value is -1.74. The summed E-state index contributed by atoms with van der Waals surface area (Å²) in [7, 11) is -1.22. The molecule has 1 atom stereocenters. The van der Waals surface area contributed by atoms with Crippen LogP contribution in [0.25, 0.3) is 0 Å². The predicted molar refractivity (Wildman–Crippen MR) is 84.1 cm³/mol. The summed E-state index contributed by atoms with van der Waals surface area (Å²) in [6.45, 7) is 0. The molecule has 0 aliphatic carbocycles. The second-order valence-corrected chi connectivity index (χ2v) is 7.52. The maximum absolute atomic E-state index is 11.5. The molecule has 1 aliphatic heterocycles. The summed E-state index contributed by atoms with van der Waals surface area (Å²) in [5.41, 5.74) is 0.625. The second kappa shape index (κ2) is 5.94. The van der Waals surface area contributed by atoms with Gasteiger partial charge in [0, 0.05) is 30.9 Å². The second-order valence-electron chi connectivity index (χ2n) is 4.90. The monoisotopic (exact) mass is 329 g/mol. The van der Waals surface area contributed by atoms with Crippen molar-refractivity contribution in [2.75, 3.05) is 23.9 Å². The van der Waals surface area contributed by atoms with Crippen molar-refractivity contribution in [3.05, 3.63) is 34.4 Å². The van der Waals surface area contributed by atoms with E-state index in [4.69, 9.17) is 12.2 Å². The molecule has 2 rings (SSSR count). The molecule has 1 N–H and O–H groups in total. The molecule has 1 aromatic rings. The van der Waals surface area contributed by atoms with E-state index >= 15 is 0 Å². The van der Waals surface area contributed by atoms with Crippen molar-refractivity contribution < 1.29 is 13.3 Å². The minimum atomic E-state index is -2.97. The molecular formula is C12H15N3O4S2. The molecule has 21 heavy (non-hydrogen) atoms. The molecule has 0 spiro atoms. The van der Waals surface area contributed by atoms with Crippen LogP contribution < -0.4 is 5.32 Å². The Labute approximate surface area is 128 Å². The Morgan fingerprint density at radius 1 is 1.43 bits per heavy atom. The molecule has 9 heteroatoms. The van der Waals surface area contributed by atoms with Crippen LogP contribution in [0, 0.1) is 10.1 Å². The van der Waals surface area contributed by atoms with Gasteiger partial charge in [-0.3, -0.25) is 10.1 Å². The van der Waals surface area contributed by atoms with Crippen molar-refractivity contribution in [3.8, 4) is 0 Å². The lowest BCUT2D eigenvalue weighted by Crippen LogP contribution is -2.40. The van der Waals surface area contributed by atoms with Crippen LogP contribution in [0.2, 0.25) is 0 Å². The third-order valence-corrected chi connectivity index (χ3v) is 5.55. The molecule has 1 saturated heterocycles. The number of hydrogen-bond donors (Lipinski definition) is 1. The lowest BCUT2D eigenvalue weighted by molar-refractivity contribution is -0.384. The first-order valence-electron chi connectivity index (χ1n) is 6.27. The summed E-state index contributed by atoms with van der Waals surface area (Å²) in [4.78, 5) is 11.8. The number of sulfone groups is 1. The highest BCUT2D eigenvalue weighted by Gasteiger charge is 2.31. The number of benzene rings is 1. The van der Waals surface area contributed by atoms with Gasteiger partial charge in [0.05, 0.1) is 16.4 Å². The lowest BCUT2D eigenvalue weighted by Gasteiger charge is -2.26. The first-order valence-corrected chi connectivity index (χ1v) is 8.50. The normalized spacial score (nSPS) is 20.0. The van der Waals surface area contributed by atoms with Gasteiger partial charge >= 0.3 is 0 Å². The van der Waals surface area contributed by atoms with Gasteiger partial charge in [0.2, 0.25) is 0 Å². The summed E-state index contributed by atoms with van der Waals surface area (Å²) < 4.78 is 22.9. The number of thiocarbonyl (C=S) groups is 1. The van der Waals surface area contributed by atoms with Crippen LogP contribution in [0.1, 0.15) is 6.42 Å². The number of nitro groups is 1. The minimum absolute atomic E-state index is 0.00158. The fraction of sp³-hybridized carbons (Fsp3) is 0.417. The first-order chi connectivity index (χ1) is 9.78. The van der Waals surface area contributed by atoms with Crippen molar-refractivity contribution >= 4 is 38.5 Å². The quantitative estimate of drug-likeness (QED) is 0.509. The Balaban J connectivity index is 1.99. The van der Waals surface area contributed by atoms with Crippen molar-refractivity contribution in [2.24, 2.45) is 0 Å². The molecule has 0 unspecified atom stereocenters.